The van der Waals surface area contributed by atoms with Gasteiger partial charge in [0.2, 0.25) is 11.8 Å². The van der Waals surface area contributed by atoms with E-state index in [9.17, 15) is 9.59 Å². The van der Waals surface area contributed by atoms with Crippen molar-refractivity contribution in [3.8, 4) is 0 Å². The Bertz CT molecular complexity index is 489. The lowest BCUT2D eigenvalue weighted by Gasteiger charge is -2.40. The van der Waals surface area contributed by atoms with Crippen molar-refractivity contribution in [1.82, 2.24) is 14.7 Å². The summed E-state index contributed by atoms with van der Waals surface area (Å²) in [4.78, 5) is 31.5. The summed E-state index contributed by atoms with van der Waals surface area (Å²) in [6.45, 7) is 5.63. The van der Waals surface area contributed by atoms with Gasteiger partial charge >= 0.3 is 0 Å². The molecule has 0 spiro atoms. The standard InChI is InChI=1S/C20H35N3O2/c1-15(20(25)21(3)17-9-5-4-6-10-17)22-13-7-11-18(22)19-12-8-14-23(19)16(2)24/h15,17-19H,4-14H2,1-3H3/t15-,18-,19+/m0/s1. The van der Waals surface area contributed by atoms with Gasteiger partial charge in [-0.2, -0.15) is 0 Å². The zero-order valence-corrected chi connectivity index (χ0v) is 16.2. The summed E-state index contributed by atoms with van der Waals surface area (Å²) >= 11 is 0. The smallest absolute Gasteiger partial charge is 0.239 e. The minimum Gasteiger partial charge on any atom is -0.341 e. The second-order valence-corrected chi connectivity index (χ2v) is 8.29. The average molecular weight is 350 g/mol. The van der Waals surface area contributed by atoms with Crippen LogP contribution in [-0.4, -0.2) is 70.8 Å². The average Bonchev–Trinajstić information content (AvgIpc) is 3.29. The van der Waals surface area contributed by atoms with Crippen LogP contribution in [-0.2, 0) is 9.59 Å². The molecular formula is C20H35N3O2. The molecule has 3 atom stereocenters. The predicted octanol–water partition coefficient (Wildman–Crippen LogP) is 2.64. The fraction of sp³-hybridized carbons (Fsp3) is 0.900. The molecule has 0 unspecified atom stereocenters. The number of carbonyl (C=O) groups is 2. The zero-order chi connectivity index (χ0) is 18.0. The Hall–Kier alpha value is -1.10. The van der Waals surface area contributed by atoms with Crippen LogP contribution in [0.25, 0.3) is 0 Å². The number of amides is 2. The lowest BCUT2D eigenvalue weighted by Crippen LogP contribution is -2.55. The Labute approximate surface area is 152 Å². The van der Waals surface area contributed by atoms with Crippen LogP contribution in [0.15, 0.2) is 0 Å². The Morgan fingerprint density at radius 1 is 0.920 bits per heavy atom. The second-order valence-electron chi connectivity index (χ2n) is 8.29. The van der Waals surface area contributed by atoms with E-state index < -0.39 is 0 Å². The number of nitrogens with zero attached hydrogens (tertiary/aromatic N) is 3. The maximum absolute atomic E-state index is 13.1. The van der Waals surface area contributed by atoms with Gasteiger partial charge in [0.15, 0.2) is 0 Å². The lowest BCUT2D eigenvalue weighted by atomic mass is 9.94. The molecule has 1 saturated carbocycles. The Morgan fingerprint density at radius 2 is 1.56 bits per heavy atom. The van der Waals surface area contributed by atoms with E-state index in [1.165, 1.54) is 19.3 Å². The van der Waals surface area contributed by atoms with E-state index in [0.29, 0.717) is 18.1 Å². The molecule has 0 aromatic rings. The van der Waals surface area contributed by atoms with E-state index in [4.69, 9.17) is 0 Å². The van der Waals surface area contributed by atoms with Crippen molar-refractivity contribution in [2.24, 2.45) is 0 Å². The molecule has 25 heavy (non-hydrogen) atoms. The molecule has 0 aromatic carbocycles. The number of hydrogen-bond donors (Lipinski definition) is 0. The van der Waals surface area contributed by atoms with Crippen LogP contribution in [0.1, 0.15) is 71.6 Å². The summed E-state index contributed by atoms with van der Waals surface area (Å²) in [5.41, 5.74) is 0. The Balaban J connectivity index is 1.66. The van der Waals surface area contributed by atoms with Crippen LogP contribution in [0.5, 0.6) is 0 Å². The molecule has 2 saturated heterocycles. The van der Waals surface area contributed by atoms with Crippen LogP contribution in [0.2, 0.25) is 0 Å². The van der Waals surface area contributed by atoms with E-state index in [0.717, 1.165) is 51.6 Å². The van der Waals surface area contributed by atoms with Crippen LogP contribution < -0.4 is 0 Å². The summed E-state index contributed by atoms with van der Waals surface area (Å²) < 4.78 is 0. The number of likely N-dealkylation sites (N-methyl/N-ethyl adjacent to an activating group) is 1. The molecule has 2 aliphatic heterocycles. The van der Waals surface area contributed by atoms with Crippen molar-refractivity contribution < 1.29 is 9.59 Å². The van der Waals surface area contributed by atoms with Crippen molar-refractivity contribution in [3.05, 3.63) is 0 Å². The monoisotopic (exact) mass is 349 g/mol. The summed E-state index contributed by atoms with van der Waals surface area (Å²) in [7, 11) is 2.00. The van der Waals surface area contributed by atoms with Gasteiger partial charge < -0.3 is 9.80 Å². The maximum atomic E-state index is 13.1. The van der Waals surface area contributed by atoms with E-state index in [2.05, 4.69) is 11.8 Å². The van der Waals surface area contributed by atoms with Crippen LogP contribution in [0.3, 0.4) is 0 Å². The molecule has 0 aromatic heterocycles. The van der Waals surface area contributed by atoms with Gasteiger partial charge in [-0.15, -0.1) is 0 Å². The fourth-order valence-corrected chi connectivity index (χ4v) is 5.38. The number of rotatable bonds is 4. The van der Waals surface area contributed by atoms with Gasteiger partial charge in [-0.05, 0) is 52.0 Å². The number of likely N-dealkylation sites (tertiary alicyclic amines) is 2. The Kier molecular flexibility index (Phi) is 6.03. The van der Waals surface area contributed by atoms with E-state index in [-0.39, 0.29) is 17.9 Å². The molecule has 2 amide bonds. The molecule has 5 nitrogen and oxygen atoms in total. The van der Waals surface area contributed by atoms with E-state index in [1.54, 1.807) is 6.92 Å². The highest BCUT2D eigenvalue weighted by molar-refractivity contribution is 5.81. The van der Waals surface area contributed by atoms with Gasteiger partial charge in [0, 0.05) is 38.6 Å². The van der Waals surface area contributed by atoms with Gasteiger partial charge in [0.25, 0.3) is 0 Å². The lowest BCUT2D eigenvalue weighted by molar-refractivity contribution is -0.139. The highest BCUT2D eigenvalue weighted by Crippen LogP contribution is 2.32. The zero-order valence-electron chi connectivity index (χ0n) is 16.2. The minimum absolute atomic E-state index is 0.0752. The van der Waals surface area contributed by atoms with Crippen LogP contribution in [0.4, 0.5) is 0 Å². The summed E-state index contributed by atoms with van der Waals surface area (Å²) in [5, 5.41) is 0. The van der Waals surface area contributed by atoms with Crippen LogP contribution in [0, 0.1) is 0 Å². The SMILES string of the molecule is CC(=O)N1CCC[C@@H]1[C@@H]1CCCN1[C@@H](C)C(=O)N(C)C1CCCCC1. The molecule has 142 valence electrons. The topological polar surface area (TPSA) is 43.9 Å². The molecule has 0 N–H and O–H groups in total. The Morgan fingerprint density at radius 3 is 2.24 bits per heavy atom. The van der Waals surface area contributed by atoms with Crippen LogP contribution >= 0.6 is 0 Å². The highest BCUT2D eigenvalue weighted by atomic mass is 16.2. The van der Waals surface area contributed by atoms with Gasteiger partial charge in [-0.3, -0.25) is 14.5 Å². The molecule has 3 rings (SSSR count). The summed E-state index contributed by atoms with van der Waals surface area (Å²) in [6, 6.07) is 0.999. The molecule has 1 aliphatic carbocycles. The second kappa shape index (κ2) is 8.07. The summed E-state index contributed by atoms with van der Waals surface area (Å²) in [5.74, 6) is 0.457. The molecule has 0 radical (unpaired) electrons. The summed E-state index contributed by atoms with van der Waals surface area (Å²) in [6.07, 6.45) is 10.5. The third kappa shape index (κ3) is 3.86. The molecule has 5 heteroatoms. The first kappa shape index (κ1) is 18.7. The third-order valence-electron chi connectivity index (χ3n) is 6.81. The molecule has 3 fully saturated rings. The van der Waals surface area contributed by atoms with E-state index >= 15 is 0 Å². The quantitative estimate of drug-likeness (QED) is 0.784. The molecule has 2 heterocycles. The van der Waals surface area contributed by atoms with Crippen molar-refractivity contribution in [1.29, 1.82) is 0 Å². The fourth-order valence-electron chi connectivity index (χ4n) is 5.38. The van der Waals surface area contributed by atoms with Gasteiger partial charge in [-0.1, -0.05) is 19.3 Å². The maximum Gasteiger partial charge on any atom is 0.239 e. The first-order valence-corrected chi connectivity index (χ1v) is 10.3. The normalized spacial score (nSPS) is 29.8. The van der Waals surface area contributed by atoms with Gasteiger partial charge in [0.1, 0.15) is 0 Å². The number of hydrogen-bond acceptors (Lipinski definition) is 3. The van der Waals surface area contributed by atoms with Gasteiger partial charge in [-0.25, -0.2) is 0 Å². The number of carbonyl (C=O) groups excluding carboxylic acids is 2. The van der Waals surface area contributed by atoms with Crippen molar-refractivity contribution >= 4 is 11.8 Å². The highest BCUT2D eigenvalue weighted by Gasteiger charge is 2.42. The van der Waals surface area contributed by atoms with Crippen molar-refractivity contribution in [2.75, 3.05) is 20.1 Å². The molecule has 0 bridgehead atoms. The minimum atomic E-state index is -0.0752. The van der Waals surface area contributed by atoms with E-state index in [1.807, 2.05) is 16.8 Å². The first-order valence-electron chi connectivity index (χ1n) is 10.3. The largest absolute Gasteiger partial charge is 0.341 e. The third-order valence-corrected chi connectivity index (χ3v) is 6.81. The van der Waals surface area contributed by atoms with Crippen molar-refractivity contribution in [2.45, 2.75) is 95.8 Å². The van der Waals surface area contributed by atoms with Gasteiger partial charge in [0.05, 0.1) is 6.04 Å². The molecule has 3 aliphatic rings. The molecular weight excluding hydrogens is 314 g/mol. The predicted molar refractivity (Wildman–Crippen MR) is 99.2 cm³/mol. The van der Waals surface area contributed by atoms with Crippen molar-refractivity contribution in [3.63, 3.8) is 0 Å². The first-order chi connectivity index (χ1) is 12.0.